The summed E-state index contributed by atoms with van der Waals surface area (Å²) in [6.07, 6.45) is 2.25. The number of amides is 2. The lowest BCUT2D eigenvalue weighted by Crippen LogP contribution is -2.26. The lowest BCUT2D eigenvalue weighted by Gasteiger charge is -1.98. The van der Waals surface area contributed by atoms with Crippen LogP contribution in [0.5, 0.6) is 0 Å². The topological polar surface area (TPSA) is 78.4 Å². The van der Waals surface area contributed by atoms with Crippen LogP contribution in [-0.2, 0) is 9.59 Å². The zero-order valence-corrected chi connectivity index (χ0v) is 8.59. The molecule has 0 fully saturated rings. The quantitative estimate of drug-likeness (QED) is 0.330. The monoisotopic (exact) mass is 218 g/mol. The van der Waals surface area contributed by atoms with Crippen molar-refractivity contribution in [2.24, 2.45) is 0 Å². The molecule has 0 aliphatic heterocycles. The second-order valence-corrected chi connectivity index (χ2v) is 2.81. The first kappa shape index (κ1) is 13.0. The summed E-state index contributed by atoms with van der Waals surface area (Å²) < 4.78 is 0. The van der Waals surface area contributed by atoms with Gasteiger partial charge in [0.05, 0.1) is 6.61 Å². The van der Waals surface area contributed by atoms with Crippen LogP contribution in [-0.4, -0.2) is 42.4 Å². The Hall–Kier alpha value is -1.01. The minimum Gasteiger partial charge on any atom is -0.395 e. The van der Waals surface area contributed by atoms with E-state index in [9.17, 15) is 9.59 Å². The number of carbonyl (C=O) groups excluding carboxylic acids is 2. The fourth-order valence-electron chi connectivity index (χ4n) is 0.627. The molecule has 0 saturated carbocycles. The van der Waals surface area contributed by atoms with E-state index < -0.39 is 5.91 Å². The maximum absolute atomic E-state index is 10.9. The molecule has 0 rings (SSSR count). The number of rotatable bonds is 6. The van der Waals surface area contributed by atoms with Crippen LogP contribution in [0.25, 0.3) is 0 Å². The predicted octanol–water partition coefficient (Wildman–Crippen LogP) is -1.30. The molecule has 0 saturated heterocycles. The van der Waals surface area contributed by atoms with Crippen molar-refractivity contribution >= 4 is 24.4 Å². The van der Waals surface area contributed by atoms with Crippen LogP contribution in [0, 0.1) is 0 Å². The highest BCUT2D eigenvalue weighted by Crippen LogP contribution is 1.76. The number of aliphatic hydroxyl groups excluding tert-OH is 1. The number of aliphatic hydroxyl groups is 1. The Bertz CT molecular complexity index is 197. The number of hydrogen-bond donors (Lipinski definition) is 4. The van der Waals surface area contributed by atoms with Gasteiger partial charge in [-0.3, -0.25) is 9.59 Å². The van der Waals surface area contributed by atoms with Gasteiger partial charge >= 0.3 is 0 Å². The standard InChI is InChI=1S/C8H14N2O3S/c11-5-3-9-7(12)1-2-8(13)10-4-6-14/h1-2,11,14H,3-6H2,(H,9,12)(H,10,13). The van der Waals surface area contributed by atoms with Gasteiger partial charge in [0.25, 0.3) is 0 Å². The normalized spacial score (nSPS) is 10.1. The van der Waals surface area contributed by atoms with Gasteiger partial charge in [0.15, 0.2) is 0 Å². The van der Waals surface area contributed by atoms with Crippen molar-refractivity contribution in [1.29, 1.82) is 0 Å². The minimum absolute atomic E-state index is 0.120. The number of nitrogens with one attached hydrogen (secondary N) is 2. The van der Waals surface area contributed by atoms with Gasteiger partial charge < -0.3 is 15.7 Å². The van der Waals surface area contributed by atoms with Crippen LogP contribution in [0.1, 0.15) is 0 Å². The molecule has 0 aromatic heterocycles. The van der Waals surface area contributed by atoms with Crippen molar-refractivity contribution < 1.29 is 14.7 Å². The summed E-state index contributed by atoms with van der Waals surface area (Å²) in [5.41, 5.74) is 0. The van der Waals surface area contributed by atoms with Crippen molar-refractivity contribution in [2.45, 2.75) is 0 Å². The molecule has 0 atom stereocenters. The molecule has 0 heterocycles. The Morgan fingerprint density at radius 1 is 1.14 bits per heavy atom. The molecule has 2 amide bonds. The summed E-state index contributed by atoms with van der Waals surface area (Å²) in [5.74, 6) is -0.186. The van der Waals surface area contributed by atoms with E-state index in [1.807, 2.05) is 0 Å². The Kier molecular flexibility index (Phi) is 7.96. The number of thiol groups is 1. The molecule has 0 aromatic carbocycles. The summed E-state index contributed by atoms with van der Waals surface area (Å²) >= 11 is 3.90. The van der Waals surface area contributed by atoms with Crippen LogP contribution in [0.2, 0.25) is 0 Å². The maximum Gasteiger partial charge on any atom is 0.244 e. The van der Waals surface area contributed by atoms with Gasteiger partial charge in [0, 0.05) is 31.0 Å². The van der Waals surface area contributed by atoms with Crippen molar-refractivity contribution in [1.82, 2.24) is 10.6 Å². The highest BCUT2D eigenvalue weighted by molar-refractivity contribution is 7.80. The van der Waals surface area contributed by atoms with Gasteiger partial charge in [-0.05, 0) is 0 Å². The predicted molar refractivity (Wildman–Crippen MR) is 56.1 cm³/mol. The highest BCUT2D eigenvalue weighted by atomic mass is 32.1. The van der Waals surface area contributed by atoms with Crippen molar-refractivity contribution in [2.75, 3.05) is 25.4 Å². The third-order valence-electron chi connectivity index (χ3n) is 1.21. The van der Waals surface area contributed by atoms with Crippen molar-refractivity contribution in [3.05, 3.63) is 12.2 Å². The van der Waals surface area contributed by atoms with Gasteiger partial charge in [0.2, 0.25) is 11.8 Å². The molecule has 3 N–H and O–H groups in total. The summed E-state index contributed by atoms with van der Waals surface area (Å²) in [5, 5.41) is 13.3. The van der Waals surface area contributed by atoms with E-state index in [4.69, 9.17) is 5.11 Å². The van der Waals surface area contributed by atoms with Crippen LogP contribution < -0.4 is 10.6 Å². The molecule has 80 valence electrons. The highest BCUT2D eigenvalue weighted by Gasteiger charge is 1.96. The Morgan fingerprint density at radius 2 is 1.64 bits per heavy atom. The summed E-state index contributed by atoms with van der Waals surface area (Å²) in [7, 11) is 0. The van der Waals surface area contributed by atoms with Gasteiger partial charge in [-0.25, -0.2) is 0 Å². The Balaban J connectivity index is 3.68. The second kappa shape index (κ2) is 8.58. The molecular weight excluding hydrogens is 204 g/mol. The SMILES string of the molecule is O=C(C=CC(=O)NCCS)NCCO. The second-order valence-electron chi connectivity index (χ2n) is 2.36. The third-order valence-corrected chi connectivity index (χ3v) is 1.43. The smallest absolute Gasteiger partial charge is 0.244 e. The molecule has 14 heavy (non-hydrogen) atoms. The van der Waals surface area contributed by atoms with E-state index in [1.165, 1.54) is 0 Å². The molecule has 5 nitrogen and oxygen atoms in total. The number of carbonyl (C=O) groups is 2. The molecule has 0 bridgehead atoms. The Labute approximate surface area is 88.0 Å². The summed E-state index contributed by atoms with van der Waals surface area (Å²) in [6.45, 7) is 0.525. The van der Waals surface area contributed by atoms with Gasteiger partial charge in [-0.2, -0.15) is 12.6 Å². The first-order valence-electron chi connectivity index (χ1n) is 4.16. The fraction of sp³-hybridized carbons (Fsp3) is 0.500. The zero-order chi connectivity index (χ0) is 10.8. The molecule has 0 unspecified atom stereocenters. The van der Waals surface area contributed by atoms with Gasteiger partial charge in [-0.15, -0.1) is 0 Å². The van der Waals surface area contributed by atoms with Crippen molar-refractivity contribution in [3.63, 3.8) is 0 Å². The molecule has 0 aliphatic rings. The summed E-state index contributed by atoms with van der Waals surface area (Å²) in [6, 6.07) is 0. The van der Waals surface area contributed by atoms with E-state index in [1.54, 1.807) is 0 Å². The molecule has 0 spiro atoms. The van der Waals surface area contributed by atoms with E-state index in [0.29, 0.717) is 12.3 Å². The van der Waals surface area contributed by atoms with E-state index in [-0.39, 0.29) is 19.1 Å². The minimum atomic E-state index is -0.403. The molecule has 0 radical (unpaired) electrons. The fourth-order valence-corrected chi connectivity index (χ4v) is 0.739. The molecular formula is C8H14N2O3S. The largest absolute Gasteiger partial charge is 0.395 e. The average molecular weight is 218 g/mol. The molecule has 6 heteroatoms. The Morgan fingerprint density at radius 3 is 2.07 bits per heavy atom. The number of hydrogen-bond acceptors (Lipinski definition) is 4. The maximum atomic E-state index is 10.9. The average Bonchev–Trinajstić information content (AvgIpc) is 2.20. The van der Waals surface area contributed by atoms with Crippen LogP contribution >= 0.6 is 12.6 Å². The molecule has 0 aromatic rings. The van der Waals surface area contributed by atoms with Crippen molar-refractivity contribution in [3.8, 4) is 0 Å². The molecule has 0 aliphatic carbocycles. The van der Waals surface area contributed by atoms with Crippen LogP contribution in [0.3, 0.4) is 0 Å². The third kappa shape index (κ3) is 7.63. The summed E-state index contributed by atoms with van der Waals surface area (Å²) in [4.78, 5) is 21.8. The van der Waals surface area contributed by atoms with Crippen LogP contribution in [0.4, 0.5) is 0 Å². The van der Waals surface area contributed by atoms with E-state index in [2.05, 4.69) is 23.3 Å². The first-order chi connectivity index (χ1) is 6.70. The van der Waals surface area contributed by atoms with E-state index >= 15 is 0 Å². The van der Waals surface area contributed by atoms with Gasteiger partial charge in [-0.1, -0.05) is 0 Å². The van der Waals surface area contributed by atoms with Gasteiger partial charge in [0.1, 0.15) is 0 Å². The first-order valence-corrected chi connectivity index (χ1v) is 4.79. The van der Waals surface area contributed by atoms with E-state index in [0.717, 1.165) is 12.2 Å². The lowest BCUT2D eigenvalue weighted by molar-refractivity contribution is -0.118. The lowest BCUT2D eigenvalue weighted by atomic mass is 10.4. The van der Waals surface area contributed by atoms with Crippen LogP contribution in [0.15, 0.2) is 12.2 Å². The zero-order valence-electron chi connectivity index (χ0n) is 7.69.